The van der Waals surface area contributed by atoms with Gasteiger partial charge in [-0.25, -0.2) is 0 Å². The second-order valence-electron chi connectivity index (χ2n) is 3.94. The maximum absolute atomic E-state index is 5.37. The Labute approximate surface area is 107 Å². The van der Waals surface area contributed by atoms with Crippen LogP contribution in [-0.4, -0.2) is 20.7 Å². The number of hydrogen-bond donors (Lipinski definition) is 0. The first-order chi connectivity index (χ1) is 7.69. The molecule has 0 fully saturated rings. The predicted molar refractivity (Wildman–Crippen MR) is 73.5 cm³/mol. The number of anilines is 1. The van der Waals surface area contributed by atoms with Gasteiger partial charge < -0.3 is 9.64 Å². The van der Waals surface area contributed by atoms with E-state index in [1.807, 2.05) is 12.1 Å². The van der Waals surface area contributed by atoms with Gasteiger partial charge in [-0.15, -0.1) is 0 Å². The minimum Gasteiger partial charge on any atom is -0.495 e. The molecule has 0 atom stereocenters. The van der Waals surface area contributed by atoms with Crippen LogP contribution in [0.3, 0.4) is 0 Å². The van der Waals surface area contributed by atoms with Crippen LogP contribution in [-0.2, 0) is 0 Å². The molecule has 0 radical (unpaired) electrons. The van der Waals surface area contributed by atoms with E-state index in [0.717, 1.165) is 22.5 Å². The zero-order valence-corrected chi connectivity index (χ0v) is 11.9. The molecule has 0 bridgehead atoms. The zero-order valence-electron chi connectivity index (χ0n) is 10.3. The number of ether oxygens (including phenoxy) is 1. The van der Waals surface area contributed by atoms with Crippen LogP contribution in [0, 0.1) is 0 Å². The van der Waals surface area contributed by atoms with Gasteiger partial charge in [-0.05, 0) is 24.6 Å². The monoisotopic (exact) mass is 285 g/mol. The smallest absolute Gasteiger partial charge is 0.142 e. The molecular weight excluding hydrogens is 266 g/mol. The highest BCUT2D eigenvalue weighted by molar-refractivity contribution is 9.10. The molecule has 0 heterocycles. The summed E-state index contributed by atoms with van der Waals surface area (Å²) in [5.74, 6) is 0.933. The first-order valence-electron chi connectivity index (χ1n) is 5.73. The maximum atomic E-state index is 5.37. The SMILES string of the molecule is CCCCCN(C)c1cc(Br)ccc1OC. The Morgan fingerprint density at radius 1 is 1.31 bits per heavy atom. The molecule has 0 aliphatic carbocycles. The number of halogens is 1. The Morgan fingerprint density at radius 2 is 2.06 bits per heavy atom. The maximum Gasteiger partial charge on any atom is 0.142 e. The van der Waals surface area contributed by atoms with E-state index >= 15 is 0 Å². The van der Waals surface area contributed by atoms with Gasteiger partial charge in [0.05, 0.1) is 12.8 Å². The molecule has 0 spiro atoms. The summed E-state index contributed by atoms with van der Waals surface area (Å²) in [5.41, 5.74) is 1.15. The van der Waals surface area contributed by atoms with E-state index in [1.54, 1.807) is 7.11 Å². The molecule has 0 unspecified atom stereocenters. The lowest BCUT2D eigenvalue weighted by Crippen LogP contribution is -2.19. The van der Waals surface area contributed by atoms with Crippen molar-refractivity contribution in [1.82, 2.24) is 0 Å². The summed E-state index contributed by atoms with van der Waals surface area (Å²) in [6.07, 6.45) is 3.76. The minimum atomic E-state index is 0.933. The average molecular weight is 286 g/mol. The highest BCUT2D eigenvalue weighted by Gasteiger charge is 2.08. The first kappa shape index (κ1) is 13.4. The summed E-state index contributed by atoms with van der Waals surface area (Å²) in [4.78, 5) is 2.25. The number of rotatable bonds is 6. The molecule has 0 saturated carbocycles. The fraction of sp³-hybridized carbons (Fsp3) is 0.538. The Balaban J connectivity index is 2.72. The van der Waals surface area contributed by atoms with Crippen molar-refractivity contribution in [3.8, 4) is 5.75 Å². The number of methoxy groups -OCH3 is 1. The molecule has 16 heavy (non-hydrogen) atoms. The highest BCUT2D eigenvalue weighted by atomic mass is 79.9. The summed E-state index contributed by atoms with van der Waals surface area (Å²) in [6.45, 7) is 3.29. The molecular formula is C13H20BrNO. The molecule has 90 valence electrons. The third-order valence-corrected chi connectivity index (χ3v) is 3.14. The van der Waals surface area contributed by atoms with Gasteiger partial charge in [-0.3, -0.25) is 0 Å². The zero-order chi connectivity index (χ0) is 12.0. The molecule has 0 aliphatic rings. The number of nitrogens with zero attached hydrogens (tertiary/aromatic N) is 1. The fourth-order valence-electron chi connectivity index (χ4n) is 1.68. The lowest BCUT2D eigenvalue weighted by molar-refractivity contribution is 0.414. The average Bonchev–Trinajstić information content (AvgIpc) is 2.29. The van der Waals surface area contributed by atoms with Gasteiger partial charge in [0.25, 0.3) is 0 Å². The van der Waals surface area contributed by atoms with Gasteiger partial charge in [-0.1, -0.05) is 35.7 Å². The molecule has 0 saturated heterocycles. The third-order valence-electron chi connectivity index (χ3n) is 2.65. The van der Waals surface area contributed by atoms with Gasteiger partial charge in [0.15, 0.2) is 0 Å². The van der Waals surface area contributed by atoms with E-state index in [-0.39, 0.29) is 0 Å². The van der Waals surface area contributed by atoms with Crippen molar-refractivity contribution in [1.29, 1.82) is 0 Å². The van der Waals surface area contributed by atoms with E-state index in [0.29, 0.717) is 0 Å². The van der Waals surface area contributed by atoms with Gasteiger partial charge in [-0.2, -0.15) is 0 Å². The van der Waals surface area contributed by atoms with E-state index < -0.39 is 0 Å². The van der Waals surface area contributed by atoms with Crippen molar-refractivity contribution in [2.45, 2.75) is 26.2 Å². The van der Waals surface area contributed by atoms with Gasteiger partial charge in [0.1, 0.15) is 5.75 Å². The predicted octanol–water partition coefficient (Wildman–Crippen LogP) is 4.08. The van der Waals surface area contributed by atoms with Crippen molar-refractivity contribution in [2.75, 3.05) is 25.6 Å². The lowest BCUT2D eigenvalue weighted by atomic mass is 10.2. The molecule has 1 aromatic rings. The Hall–Kier alpha value is -0.700. The van der Waals surface area contributed by atoms with Crippen molar-refractivity contribution in [3.05, 3.63) is 22.7 Å². The van der Waals surface area contributed by atoms with Crippen molar-refractivity contribution >= 4 is 21.6 Å². The minimum absolute atomic E-state index is 0.933. The summed E-state index contributed by atoms with van der Waals surface area (Å²) < 4.78 is 6.45. The van der Waals surface area contributed by atoms with Gasteiger partial charge in [0.2, 0.25) is 0 Å². The summed E-state index contributed by atoms with van der Waals surface area (Å²) in [6, 6.07) is 6.10. The van der Waals surface area contributed by atoms with Crippen LogP contribution in [0.25, 0.3) is 0 Å². The van der Waals surface area contributed by atoms with Crippen LogP contribution in [0.1, 0.15) is 26.2 Å². The van der Waals surface area contributed by atoms with E-state index in [9.17, 15) is 0 Å². The Kier molecular flexibility index (Phi) is 5.67. The van der Waals surface area contributed by atoms with Crippen molar-refractivity contribution in [2.24, 2.45) is 0 Å². The summed E-state index contributed by atoms with van der Waals surface area (Å²) >= 11 is 3.49. The van der Waals surface area contributed by atoms with Crippen LogP contribution in [0.15, 0.2) is 22.7 Å². The van der Waals surface area contributed by atoms with Crippen LogP contribution in [0.5, 0.6) is 5.75 Å². The first-order valence-corrected chi connectivity index (χ1v) is 6.53. The lowest BCUT2D eigenvalue weighted by Gasteiger charge is -2.21. The Morgan fingerprint density at radius 3 is 2.69 bits per heavy atom. The second-order valence-corrected chi connectivity index (χ2v) is 4.86. The molecule has 1 rings (SSSR count). The third kappa shape index (κ3) is 3.71. The number of hydrogen-bond acceptors (Lipinski definition) is 2. The van der Waals surface area contributed by atoms with Crippen LogP contribution in [0.4, 0.5) is 5.69 Å². The van der Waals surface area contributed by atoms with E-state index in [4.69, 9.17) is 4.74 Å². The summed E-state index contributed by atoms with van der Waals surface area (Å²) in [5, 5.41) is 0. The topological polar surface area (TPSA) is 12.5 Å². The van der Waals surface area contributed by atoms with Crippen molar-refractivity contribution < 1.29 is 4.74 Å². The molecule has 2 nitrogen and oxygen atoms in total. The summed E-state index contributed by atoms with van der Waals surface area (Å²) in [7, 11) is 3.83. The highest BCUT2D eigenvalue weighted by Crippen LogP contribution is 2.30. The normalized spacial score (nSPS) is 10.2. The second kappa shape index (κ2) is 6.79. The molecule has 0 N–H and O–H groups in total. The standard InChI is InChI=1S/C13H20BrNO/c1-4-5-6-9-15(2)12-10-11(14)7-8-13(12)16-3/h7-8,10H,4-6,9H2,1-3H3. The van der Waals surface area contributed by atoms with Crippen molar-refractivity contribution in [3.63, 3.8) is 0 Å². The number of unbranched alkanes of at least 4 members (excludes halogenated alkanes) is 2. The Bertz CT molecular complexity index is 328. The molecule has 3 heteroatoms. The van der Waals surface area contributed by atoms with Crippen LogP contribution in [0.2, 0.25) is 0 Å². The van der Waals surface area contributed by atoms with Crippen LogP contribution >= 0.6 is 15.9 Å². The molecule has 0 aliphatic heterocycles. The van der Waals surface area contributed by atoms with E-state index in [1.165, 1.54) is 19.3 Å². The molecule has 1 aromatic carbocycles. The van der Waals surface area contributed by atoms with Crippen LogP contribution < -0.4 is 9.64 Å². The van der Waals surface area contributed by atoms with Gasteiger partial charge in [0, 0.05) is 18.1 Å². The largest absolute Gasteiger partial charge is 0.495 e. The fourth-order valence-corrected chi connectivity index (χ4v) is 2.03. The molecule has 0 aromatic heterocycles. The van der Waals surface area contributed by atoms with E-state index in [2.05, 4.69) is 40.9 Å². The van der Waals surface area contributed by atoms with Gasteiger partial charge >= 0.3 is 0 Å². The molecule has 0 amide bonds. The quantitative estimate of drug-likeness (QED) is 0.730. The number of benzene rings is 1.